The van der Waals surface area contributed by atoms with E-state index in [4.69, 9.17) is 9.88 Å². The van der Waals surface area contributed by atoms with Gasteiger partial charge in [0.05, 0.1) is 6.61 Å². The van der Waals surface area contributed by atoms with E-state index in [0.29, 0.717) is 6.61 Å². The van der Waals surface area contributed by atoms with Crippen LogP contribution in [0.2, 0.25) is 0 Å². The van der Waals surface area contributed by atoms with Gasteiger partial charge in [0.15, 0.2) is 0 Å². The first-order valence-corrected chi connectivity index (χ1v) is 8.19. The Morgan fingerprint density at radius 3 is 2.65 bits per heavy atom. The summed E-state index contributed by atoms with van der Waals surface area (Å²) in [6, 6.07) is 3.33. The Bertz CT molecular complexity index is 557. The van der Waals surface area contributed by atoms with Gasteiger partial charge in [0.1, 0.15) is 16.5 Å². The summed E-state index contributed by atoms with van der Waals surface area (Å²) in [6.45, 7) is 3.52. The molecule has 2 rings (SSSR count). The molecule has 7 heteroatoms. The van der Waals surface area contributed by atoms with Gasteiger partial charge in [0.25, 0.3) is 0 Å². The predicted molar refractivity (Wildman–Crippen MR) is 73.6 cm³/mol. The third kappa shape index (κ3) is 4.16. The molecule has 1 aromatic carbocycles. The minimum Gasteiger partial charge on any atom is -0.492 e. The van der Waals surface area contributed by atoms with Crippen molar-refractivity contribution in [3.8, 4) is 5.75 Å². The summed E-state index contributed by atoms with van der Waals surface area (Å²) in [5.41, 5.74) is 0. The molecule has 0 radical (unpaired) electrons. The van der Waals surface area contributed by atoms with Crippen LogP contribution in [0.3, 0.4) is 0 Å². The second-order valence-corrected chi connectivity index (χ2v) is 6.42. The maximum atomic E-state index is 13.1. The molecule has 1 heterocycles. The van der Waals surface area contributed by atoms with Crippen LogP contribution in [0.15, 0.2) is 23.1 Å². The molecule has 0 aliphatic carbocycles. The van der Waals surface area contributed by atoms with E-state index in [0.717, 1.165) is 38.2 Å². The maximum Gasteiger partial charge on any atom is 0.241 e. The highest BCUT2D eigenvalue weighted by molar-refractivity contribution is 7.89. The van der Waals surface area contributed by atoms with E-state index < -0.39 is 15.8 Å². The fourth-order valence-corrected chi connectivity index (χ4v) is 2.98. The molecular weight excluding hydrogens is 283 g/mol. The van der Waals surface area contributed by atoms with Gasteiger partial charge in [-0.25, -0.2) is 17.9 Å². The van der Waals surface area contributed by atoms with Crippen LogP contribution in [-0.4, -0.2) is 39.6 Å². The van der Waals surface area contributed by atoms with E-state index in [-0.39, 0.29) is 10.6 Å². The zero-order valence-corrected chi connectivity index (χ0v) is 12.0. The van der Waals surface area contributed by atoms with Crippen LogP contribution in [0.5, 0.6) is 5.75 Å². The number of benzene rings is 1. The molecule has 0 unspecified atom stereocenters. The average Bonchev–Trinajstić information content (AvgIpc) is 2.88. The maximum absolute atomic E-state index is 13.1. The predicted octanol–water partition coefficient (Wildman–Crippen LogP) is 1.34. The number of halogens is 1. The van der Waals surface area contributed by atoms with Crippen molar-refractivity contribution in [2.75, 3.05) is 26.2 Å². The normalized spacial score (nSPS) is 16.5. The number of sulfonamides is 1. The Labute approximate surface area is 118 Å². The van der Waals surface area contributed by atoms with Crippen LogP contribution in [-0.2, 0) is 10.0 Å². The largest absolute Gasteiger partial charge is 0.492 e. The van der Waals surface area contributed by atoms with Gasteiger partial charge in [0, 0.05) is 6.54 Å². The van der Waals surface area contributed by atoms with Gasteiger partial charge in [0.2, 0.25) is 10.0 Å². The number of nitrogens with zero attached hydrogens (tertiary/aromatic N) is 1. The first-order chi connectivity index (χ1) is 9.47. The van der Waals surface area contributed by atoms with Crippen LogP contribution < -0.4 is 9.88 Å². The quantitative estimate of drug-likeness (QED) is 0.805. The average molecular weight is 302 g/mol. The molecule has 1 fully saturated rings. The lowest BCUT2D eigenvalue weighted by atomic mass is 10.3. The summed E-state index contributed by atoms with van der Waals surface area (Å²) >= 11 is 0. The molecule has 1 saturated heterocycles. The molecule has 20 heavy (non-hydrogen) atoms. The summed E-state index contributed by atoms with van der Waals surface area (Å²) in [5, 5.41) is 5.05. The first kappa shape index (κ1) is 15.2. The lowest BCUT2D eigenvalue weighted by Crippen LogP contribution is -2.22. The summed E-state index contributed by atoms with van der Waals surface area (Å²) in [5.74, 6) is -0.547. The Morgan fingerprint density at radius 2 is 2.00 bits per heavy atom. The molecule has 5 nitrogen and oxygen atoms in total. The highest BCUT2D eigenvalue weighted by atomic mass is 32.2. The molecular formula is C13H19FN2O3S. The molecule has 0 spiro atoms. The molecule has 1 aliphatic rings. The van der Waals surface area contributed by atoms with Crippen LogP contribution >= 0.6 is 0 Å². The standard InChI is InChI=1S/C13H19FN2O3S/c14-11-4-5-12(13(10-11)20(15,17)18)19-9-3-8-16-6-1-2-7-16/h4-5,10H,1-3,6-9H2,(H2,15,17,18). The number of likely N-dealkylation sites (tertiary alicyclic amines) is 1. The Morgan fingerprint density at radius 1 is 1.30 bits per heavy atom. The van der Waals surface area contributed by atoms with E-state index >= 15 is 0 Å². The van der Waals surface area contributed by atoms with Crippen LogP contribution in [0.25, 0.3) is 0 Å². The van der Waals surface area contributed by atoms with Crippen molar-refractivity contribution < 1.29 is 17.5 Å². The van der Waals surface area contributed by atoms with Crippen molar-refractivity contribution in [3.63, 3.8) is 0 Å². The highest BCUT2D eigenvalue weighted by Crippen LogP contribution is 2.23. The second-order valence-electron chi connectivity index (χ2n) is 4.89. The number of hydrogen-bond acceptors (Lipinski definition) is 4. The first-order valence-electron chi connectivity index (χ1n) is 6.64. The van der Waals surface area contributed by atoms with Crippen molar-refractivity contribution >= 4 is 10.0 Å². The van der Waals surface area contributed by atoms with Gasteiger partial charge >= 0.3 is 0 Å². The third-order valence-electron chi connectivity index (χ3n) is 3.29. The second kappa shape index (κ2) is 6.51. The summed E-state index contributed by atoms with van der Waals surface area (Å²) in [6.07, 6.45) is 3.25. The smallest absolute Gasteiger partial charge is 0.241 e. The van der Waals surface area contributed by atoms with Gasteiger partial charge in [-0.3, -0.25) is 0 Å². The van der Waals surface area contributed by atoms with E-state index in [1.165, 1.54) is 18.9 Å². The monoisotopic (exact) mass is 302 g/mol. The number of nitrogens with two attached hydrogens (primary N) is 1. The molecule has 0 bridgehead atoms. The lowest BCUT2D eigenvalue weighted by Gasteiger charge is -2.15. The minimum absolute atomic E-state index is 0.107. The van der Waals surface area contributed by atoms with Crippen LogP contribution in [0.4, 0.5) is 4.39 Å². The molecule has 0 aromatic heterocycles. The van der Waals surface area contributed by atoms with Crippen LogP contribution in [0.1, 0.15) is 19.3 Å². The number of hydrogen-bond donors (Lipinski definition) is 1. The zero-order valence-electron chi connectivity index (χ0n) is 11.2. The molecule has 0 atom stereocenters. The zero-order chi connectivity index (χ0) is 14.6. The van der Waals surface area contributed by atoms with Crippen molar-refractivity contribution in [2.24, 2.45) is 5.14 Å². The minimum atomic E-state index is -3.98. The lowest BCUT2D eigenvalue weighted by molar-refractivity contribution is 0.259. The number of ether oxygens (including phenoxy) is 1. The van der Waals surface area contributed by atoms with Crippen molar-refractivity contribution in [2.45, 2.75) is 24.2 Å². The topological polar surface area (TPSA) is 72.6 Å². The SMILES string of the molecule is NS(=O)(=O)c1cc(F)ccc1OCCCN1CCCC1. The number of rotatable bonds is 6. The third-order valence-corrected chi connectivity index (χ3v) is 4.22. The highest BCUT2D eigenvalue weighted by Gasteiger charge is 2.16. The van der Waals surface area contributed by atoms with Crippen molar-refractivity contribution in [1.29, 1.82) is 0 Å². The molecule has 112 valence electrons. The Kier molecular flexibility index (Phi) is 4.95. The molecule has 0 amide bonds. The van der Waals surface area contributed by atoms with Crippen molar-refractivity contribution in [1.82, 2.24) is 4.90 Å². The summed E-state index contributed by atoms with van der Waals surface area (Å²) in [4.78, 5) is 2.04. The Hall–Kier alpha value is -1.18. The van der Waals surface area contributed by atoms with Crippen molar-refractivity contribution in [3.05, 3.63) is 24.0 Å². The van der Waals surface area contributed by atoms with Gasteiger partial charge < -0.3 is 9.64 Å². The molecule has 1 aliphatic heterocycles. The van der Waals surface area contributed by atoms with E-state index in [1.807, 2.05) is 0 Å². The molecule has 0 saturated carbocycles. The van der Waals surface area contributed by atoms with E-state index in [1.54, 1.807) is 0 Å². The van der Waals surface area contributed by atoms with Crippen LogP contribution in [0, 0.1) is 5.82 Å². The number of primary sulfonamides is 1. The van der Waals surface area contributed by atoms with Gasteiger partial charge in [-0.15, -0.1) is 0 Å². The Balaban J connectivity index is 1.92. The molecule has 1 aromatic rings. The van der Waals surface area contributed by atoms with E-state index in [2.05, 4.69) is 4.90 Å². The fraction of sp³-hybridized carbons (Fsp3) is 0.538. The van der Waals surface area contributed by atoms with Gasteiger partial charge in [-0.05, 0) is 50.6 Å². The van der Waals surface area contributed by atoms with Gasteiger partial charge in [-0.2, -0.15) is 0 Å². The summed E-state index contributed by atoms with van der Waals surface area (Å²) < 4.78 is 41.3. The molecule has 2 N–H and O–H groups in total. The summed E-state index contributed by atoms with van der Waals surface area (Å²) in [7, 11) is -3.98. The van der Waals surface area contributed by atoms with E-state index in [9.17, 15) is 12.8 Å². The van der Waals surface area contributed by atoms with Gasteiger partial charge in [-0.1, -0.05) is 0 Å². The fourth-order valence-electron chi connectivity index (χ4n) is 2.30.